The topological polar surface area (TPSA) is 32.3 Å². The molecule has 28 heavy (non-hydrogen) atoms. The van der Waals surface area contributed by atoms with E-state index in [2.05, 4.69) is 53.8 Å². The van der Waals surface area contributed by atoms with Crippen LogP contribution in [0.4, 0.5) is 0 Å². The van der Waals surface area contributed by atoms with Gasteiger partial charge in [0.05, 0.1) is 6.10 Å². The van der Waals surface area contributed by atoms with Gasteiger partial charge in [0.1, 0.15) is 0 Å². The molecule has 0 aromatic heterocycles. The second-order valence-electron chi connectivity index (χ2n) is 5.77. The van der Waals surface area contributed by atoms with E-state index in [1.54, 1.807) is 13.0 Å². The van der Waals surface area contributed by atoms with Gasteiger partial charge in [0.15, 0.2) is 0 Å². The normalized spacial score (nSPS) is 10.4. The summed E-state index contributed by atoms with van der Waals surface area (Å²) in [7, 11) is 0. The van der Waals surface area contributed by atoms with Crippen LogP contribution in [0, 0.1) is 24.3 Å². The van der Waals surface area contributed by atoms with Crippen molar-refractivity contribution in [2.45, 2.75) is 19.1 Å². The third-order valence-corrected chi connectivity index (χ3v) is 3.57. The van der Waals surface area contributed by atoms with Gasteiger partial charge in [0.25, 0.3) is 0 Å². The fourth-order valence-electron chi connectivity index (χ4n) is 2.38. The summed E-state index contributed by atoms with van der Waals surface area (Å²) in [6.07, 6.45) is -0.326. The second-order valence-corrected chi connectivity index (χ2v) is 5.77. The summed E-state index contributed by atoms with van der Waals surface area (Å²) < 4.78 is 0. The first-order valence-electron chi connectivity index (χ1n) is 8.61. The van der Waals surface area contributed by atoms with Crippen LogP contribution < -0.4 is 5.32 Å². The number of aliphatic hydroxyl groups excluding tert-OH is 1. The zero-order chi connectivity index (χ0) is 18.5. The minimum Gasteiger partial charge on any atom is -0.999 e. The number of rotatable bonds is 5. The van der Waals surface area contributed by atoms with Crippen LogP contribution in [0.2, 0.25) is 0 Å². The van der Waals surface area contributed by atoms with Gasteiger partial charge < -0.3 is 71.1 Å². The molecule has 0 radical (unpaired) electrons. The molecule has 2 N–H and O–H groups in total. The summed E-state index contributed by atoms with van der Waals surface area (Å²) in [5, 5.41) is 12.7. The fourth-order valence-corrected chi connectivity index (χ4v) is 2.38. The van der Waals surface area contributed by atoms with Crippen LogP contribution >= 0.6 is 0 Å². The maximum Gasteiger partial charge on any atom is 0.0636 e. The summed E-state index contributed by atoms with van der Waals surface area (Å²) in [5.74, 6) is 0. The fraction of sp³-hybridized carbons (Fsp3) is 0.167. The van der Waals surface area contributed by atoms with Crippen LogP contribution in [0.25, 0.3) is 0 Å². The maximum atomic E-state index is 9.33. The third-order valence-electron chi connectivity index (χ3n) is 3.57. The molecule has 1 unspecified atom stereocenters. The smallest absolute Gasteiger partial charge is 0.0636 e. The van der Waals surface area contributed by atoms with Crippen LogP contribution in [-0.2, 0) is 34.1 Å². The monoisotopic (exact) mass is 453 g/mol. The van der Waals surface area contributed by atoms with Gasteiger partial charge in [-0.25, -0.2) is 24.3 Å². The molecule has 4 heteroatoms. The standard InChI is InChI=1S/C14H17NO.C5H5.C5H.2Fe/c1-11(16)10-15-14(12-6-2-3-7-12)13-8-4-5-9-13;2*1-2-4-5-3-1;;/h2-9,11,14-16H,10H2,1H3;1-5H;1H;;/q-2;2*-5;;. The number of hydrogen-bond acceptors (Lipinski definition) is 2. The van der Waals surface area contributed by atoms with E-state index in [9.17, 15) is 5.11 Å². The van der Waals surface area contributed by atoms with Gasteiger partial charge in [-0.3, -0.25) is 0 Å². The molecule has 0 fully saturated rings. The first-order chi connectivity index (χ1) is 12.8. The molecule has 1 atom stereocenters. The Labute approximate surface area is 190 Å². The largest absolute Gasteiger partial charge is 0.999 e. The van der Waals surface area contributed by atoms with Gasteiger partial charge in [-0.1, -0.05) is 0 Å². The molecular formula is C24H23Fe2NO-12. The van der Waals surface area contributed by atoms with E-state index < -0.39 is 0 Å². The van der Waals surface area contributed by atoms with Gasteiger partial charge >= 0.3 is 0 Å². The van der Waals surface area contributed by atoms with Crippen molar-refractivity contribution in [2.24, 2.45) is 0 Å². The molecule has 0 saturated heterocycles. The Morgan fingerprint density at radius 1 is 0.821 bits per heavy atom. The Bertz CT molecular complexity index is 632. The zero-order valence-electron chi connectivity index (χ0n) is 15.6. The Hall–Kier alpha value is -1.64. The molecule has 0 aliphatic carbocycles. The van der Waals surface area contributed by atoms with E-state index in [1.165, 1.54) is 11.1 Å². The van der Waals surface area contributed by atoms with Gasteiger partial charge in [-0.05, 0) is 13.0 Å². The second kappa shape index (κ2) is 16.3. The summed E-state index contributed by atoms with van der Waals surface area (Å²) in [6.45, 7) is 2.39. The van der Waals surface area contributed by atoms with Crippen molar-refractivity contribution in [2.75, 3.05) is 6.54 Å². The molecule has 0 spiro atoms. The average molecular weight is 453 g/mol. The Morgan fingerprint density at radius 2 is 1.21 bits per heavy atom. The molecule has 0 saturated carbocycles. The molecule has 2 nitrogen and oxygen atoms in total. The quantitative estimate of drug-likeness (QED) is 0.351. The molecule has 0 amide bonds. The van der Waals surface area contributed by atoms with Crippen molar-refractivity contribution in [3.63, 3.8) is 0 Å². The van der Waals surface area contributed by atoms with E-state index in [-0.39, 0.29) is 46.3 Å². The molecule has 4 rings (SSSR count). The molecular weight excluding hydrogens is 430 g/mol. The van der Waals surface area contributed by atoms with Crippen molar-refractivity contribution >= 4 is 0 Å². The number of hydrogen-bond donors (Lipinski definition) is 2. The van der Waals surface area contributed by atoms with Crippen LogP contribution in [0.3, 0.4) is 0 Å². The van der Waals surface area contributed by atoms with Gasteiger partial charge in [0.2, 0.25) is 0 Å². The van der Waals surface area contributed by atoms with Crippen molar-refractivity contribution in [3.05, 3.63) is 120 Å². The molecule has 0 aliphatic heterocycles. The van der Waals surface area contributed by atoms with Crippen LogP contribution in [0.5, 0.6) is 0 Å². The Balaban J connectivity index is 0.000000500. The summed E-state index contributed by atoms with van der Waals surface area (Å²) in [4.78, 5) is 0. The number of nitrogens with one attached hydrogen (secondary N) is 1. The predicted octanol–water partition coefficient (Wildman–Crippen LogP) is 4.19. The minimum atomic E-state index is -0.326. The van der Waals surface area contributed by atoms with E-state index >= 15 is 0 Å². The van der Waals surface area contributed by atoms with E-state index in [0.717, 1.165) is 0 Å². The first kappa shape index (κ1) is 26.4. The molecule has 4 aromatic carbocycles. The molecule has 4 aromatic rings. The van der Waals surface area contributed by atoms with Crippen molar-refractivity contribution in [3.8, 4) is 0 Å². The third kappa shape index (κ3) is 10.6. The van der Waals surface area contributed by atoms with Crippen LogP contribution in [0.15, 0.2) is 84.9 Å². The van der Waals surface area contributed by atoms with E-state index in [0.29, 0.717) is 6.54 Å². The minimum absolute atomic E-state index is 0. The summed E-state index contributed by atoms with van der Waals surface area (Å²) in [5.41, 5.74) is 2.48. The number of aliphatic hydroxyl groups is 1. The van der Waals surface area contributed by atoms with Gasteiger partial charge in [0, 0.05) is 40.7 Å². The Morgan fingerprint density at radius 3 is 1.50 bits per heavy atom. The van der Waals surface area contributed by atoms with Crippen LogP contribution in [0.1, 0.15) is 24.1 Å². The molecule has 158 valence electrons. The summed E-state index contributed by atoms with van der Waals surface area (Å²) >= 11 is 0. The van der Waals surface area contributed by atoms with Crippen molar-refractivity contribution in [1.29, 1.82) is 0 Å². The van der Waals surface area contributed by atoms with E-state index in [1.807, 2.05) is 54.6 Å². The average Bonchev–Trinajstić information content (AvgIpc) is 3.48. The van der Waals surface area contributed by atoms with Gasteiger partial charge in [-0.15, -0.1) is 11.1 Å². The van der Waals surface area contributed by atoms with Crippen molar-refractivity contribution < 1.29 is 39.2 Å². The maximum absolute atomic E-state index is 9.33. The van der Waals surface area contributed by atoms with Crippen LogP contribution in [-0.4, -0.2) is 17.8 Å². The Kier molecular flexibility index (Phi) is 15.4. The molecule has 0 heterocycles. The molecule has 0 bridgehead atoms. The zero-order valence-corrected chi connectivity index (χ0v) is 17.8. The first-order valence-corrected chi connectivity index (χ1v) is 8.61. The van der Waals surface area contributed by atoms with E-state index in [4.69, 9.17) is 0 Å². The molecule has 0 aliphatic rings. The van der Waals surface area contributed by atoms with Crippen molar-refractivity contribution in [1.82, 2.24) is 5.32 Å². The van der Waals surface area contributed by atoms with Gasteiger partial charge in [-0.2, -0.15) is 24.3 Å². The SMILES string of the molecule is CC(O)CNC([c-]1cccc1)[c-]1cccc1.[Fe].[Fe].[c-]1[c-][c-][cH-][c-]1.[cH-]1[cH-][cH-][cH-][cH-]1. The summed E-state index contributed by atoms with van der Waals surface area (Å²) in [6, 6.07) is 38.7. The predicted molar refractivity (Wildman–Crippen MR) is 105 cm³/mol.